The first-order chi connectivity index (χ1) is 23.8. The molecular formula is C37H36N2O8S2. The molecule has 2 aliphatic heterocycles. The van der Waals surface area contributed by atoms with Crippen LogP contribution in [0.25, 0.3) is 28.0 Å². The summed E-state index contributed by atoms with van der Waals surface area (Å²) in [6, 6.07) is 21.8. The van der Waals surface area contributed by atoms with Gasteiger partial charge >= 0.3 is 5.97 Å². The molecule has 2 heterocycles. The lowest BCUT2D eigenvalue weighted by atomic mass is 9.99. The number of morpholine rings is 1. The molecule has 0 spiro atoms. The summed E-state index contributed by atoms with van der Waals surface area (Å²) in [5.41, 5.74) is 2.82. The van der Waals surface area contributed by atoms with E-state index in [0.29, 0.717) is 59.3 Å². The lowest BCUT2D eigenvalue weighted by Crippen LogP contribution is -2.38. The molecule has 0 aliphatic carbocycles. The van der Waals surface area contributed by atoms with E-state index in [1.54, 1.807) is 23.1 Å². The lowest BCUT2D eigenvalue weighted by Gasteiger charge is -2.26. The summed E-state index contributed by atoms with van der Waals surface area (Å²) >= 11 is 6.86. The third-order valence-electron chi connectivity index (χ3n) is 8.29. The molecule has 1 amide bonds. The number of ether oxygens (including phenoxy) is 4. The van der Waals surface area contributed by atoms with Crippen molar-refractivity contribution >= 4 is 57.0 Å². The average Bonchev–Trinajstić information content (AvgIpc) is 3.38. The van der Waals surface area contributed by atoms with Crippen LogP contribution in [0.5, 0.6) is 23.0 Å². The number of carboxylic acids is 1. The Morgan fingerprint density at radius 2 is 1.61 bits per heavy atom. The smallest absolute Gasteiger partial charge is 0.335 e. The number of nitrogens with zero attached hydrogens (tertiary/aromatic N) is 2. The number of aromatic carboxylic acids is 1. The van der Waals surface area contributed by atoms with Gasteiger partial charge in [0.15, 0.2) is 11.5 Å². The van der Waals surface area contributed by atoms with Crippen LogP contribution in [-0.4, -0.2) is 95.9 Å². The highest BCUT2D eigenvalue weighted by Gasteiger charge is 2.32. The van der Waals surface area contributed by atoms with Crippen molar-refractivity contribution in [2.45, 2.75) is 6.42 Å². The van der Waals surface area contributed by atoms with Gasteiger partial charge in [-0.2, -0.15) is 0 Å². The van der Waals surface area contributed by atoms with Crippen LogP contribution in [0.3, 0.4) is 0 Å². The van der Waals surface area contributed by atoms with Crippen molar-refractivity contribution in [2.75, 3.05) is 59.7 Å². The number of carbonyl (C=O) groups excluding carboxylic acids is 1. The topological polar surface area (TPSA) is 118 Å². The van der Waals surface area contributed by atoms with E-state index in [-0.39, 0.29) is 23.8 Å². The molecule has 0 unspecified atom stereocenters. The van der Waals surface area contributed by atoms with E-state index in [1.165, 1.54) is 31.0 Å². The van der Waals surface area contributed by atoms with Gasteiger partial charge in [0, 0.05) is 31.7 Å². The van der Waals surface area contributed by atoms with Crippen LogP contribution in [0.15, 0.2) is 77.7 Å². The molecule has 4 aromatic carbocycles. The van der Waals surface area contributed by atoms with Crippen LogP contribution in [0.1, 0.15) is 22.3 Å². The fourth-order valence-electron chi connectivity index (χ4n) is 5.65. The van der Waals surface area contributed by atoms with Crippen LogP contribution in [0, 0.1) is 0 Å². The first kappa shape index (κ1) is 34.3. The Hall–Kier alpha value is -4.62. The molecule has 49 heavy (non-hydrogen) atoms. The van der Waals surface area contributed by atoms with Crippen molar-refractivity contribution in [1.82, 2.24) is 9.80 Å². The van der Waals surface area contributed by atoms with Gasteiger partial charge in [0.25, 0.3) is 5.91 Å². The standard InChI is InChI=1S/C37H36N2O8S2/c1-44-33-22-28(36(42)43)7-10-32(33)46-15-2-11-39-35(41)34(49-37(39)48)23-29-20-26(24-3-4-27-21-30(40)8-5-25(27)19-24)6-9-31(29)47-18-14-38-12-16-45-17-13-38/h3-10,19-23,40H,2,11-18H2,1H3,(H,42,43)/b34-23-. The highest BCUT2D eigenvalue weighted by atomic mass is 32.2. The van der Waals surface area contributed by atoms with E-state index in [4.69, 9.17) is 31.2 Å². The molecule has 2 aliphatic rings. The number of aromatic hydroxyl groups is 1. The lowest BCUT2D eigenvalue weighted by molar-refractivity contribution is -0.122. The van der Waals surface area contributed by atoms with Gasteiger partial charge in [0.1, 0.15) is 22.4 Å². The number of hydrogen-bond acceptors (Lipinski definition) is 10. The van der Waals surface area contributed by atoms with Gasteiger partial charge in [-0.05, 0) is 82.9 Å². The third-order valence-corrected chi connectivity index (χ3v) is 9.67. The maximum atomic E-state index is 13.6. The first-order valence-electron chi connectivity index (χ1n) is 15.9. The monoisotopic (exact) mass is 700 g/mol. The Morgan fingerprint density at radius 3 is 2.41 bits per heavy atom. The summed E-state index contributed by atoms with van der Waals surface area (Å²) in [7, 11) is 1.45. The van der Waals surface area contributed by atoms with Crippen LogP contribution >= 0.6 is 24.0 Å². The predicted molar refractivity (Wildman–Crippen MR) is 194 cm³/mol. The van der Waals surface area contributed by atoms with E-state index < -0.39 is 5.97 Å². The number of rotatable bonds is 13. The molecule has 0 saturated carbocycles. The number of hydrogen-bond donors (Lipinski definition) is 2. The number of carboxylic acid groups (broad SMARTS) is 1. The molecule has 2 fully saturated rings. The maximum Gasteiger partial charge on any atom is 0.335 e. The summed E-state index contributed by atoms with van der Waals surface area (Å²) in [4.78, 5) is 29.3. The zero-order valence-corrected chi connectivity index (χ0v) is 28.6. The summed E-state index contributed by atoms with van der Waals surface area (Å²) in [6.07, 6.45) is 2.34. The second-order valence-corrected chi connectivity index (χ2v) is 13.2. The summed E-state index contributed by atoms with van der Waals surface area (Å²) < 4.78 is 23.3. The molecule has 10 nitrogen and oxygen atoms in total. The van der Waals surface area contributed by atoms with E-state index in [0.717, 1.165) is 47.1 Å². The number of benzene rings is 4. The zero-order valence-electron chi connectivity index (χ0n) is 26.9. The van der Waals surface area contributed by atoms with E-state index in [2.05, 4.69) is 11.0 Å². The predicted octanol–water partition coefficient (Wildman–Crippen LogP) is 6.30. The van der Waals surface area contributed by atoms with E-state index >= 15 is 0 Å². The molecular weight excluding hydrogens is 665 g/mol. The third kappa shape index (κ3) is 8.34. The van der Waals surface area contributed by atoms with Gasteiger partial charge < -0.3 is 29.2 Å². The fourth-order valence-corrected chi connectivity index (χ4v) is 6.95. The van der Waals surface area contributed by atoms with Crippen LogP contribution in [-0.2, 0) is 9.53 Å². The molecule has 0 radical (unpaired) electrons. The Kier molecular flexibility index (Phi) is 11.0. The van der Waals surface area contributed by atoms with Gasteiger partial charge in [-0.15, -0.1) is 0 Å². The van der Waals surface area contributed by atoms with Crippen molar-refractivity contribution in [3.63, 3.8) is 0 Å². The highest BCUT2D eigenvalue weighted by molar-refractivity contribution is 8.26. The maximum absolute atomic E-state index is 13.6. The molecule has 2 N–H and O–H groups in total. The fraction of sp³-hybridized carbons (Fsp3) is 0.270. The molecule has 6 rings (SSSR count). The van der Waals surface area contributed by atoms with E-state index in [1.807, 2.05) is 42.5 Å². The van der Waals surface area contributed by atoms with Gasteiger partial charge in [-0.25, -0.2) is 4.79 Å². The molecule has 2 saturated heterocycles. The van der Waals surface area contributed by atoms with Crippen molar-refractivity contribution in [3.8, 4) is 34.1 Å². The molecule has 0 bridgehead atoms. The SMILES string of the molecule is COc1cc(C(=O)O)ccc1OCCCN1C(=O)/C(=C/c2cc(-c3ccc4cc(O)ccc4c3)ccc2OCCN2CCOCC2)SC1=S. The van der Waals surface area contributed by atoms with E-state index in [9.17, 15) is 19.8 Å². The Bertz CT molecular complexity index is 1910. The number of carbonyl (C=O) groups is 2. The second kappa shape index (κ2) is 15.7. The van der Waals surface area contributed by atoms with Crippen molar-refractivity contribution in [3.05, 3.63) is 88.8 Å². The molecule has 254 valence electrons. The first-order valence-corrected chi connectivity index (χ1v) is 17.1. The van der Waals surface area contributed by atoms with Gasteiger partial charge in [0.2, 0.25) is 0 Å². The van der Waals surface area contributed by atoms with Crippen LogP contribution in [0.4, 0.5) is 0 Å². The number of amides is 1. The Morgan fingerprint density at radius 1 is 0.898 bits per heavy atom. The molecule has 0 aromatic heterocycles. The summed E-state index contributed by atoms with van der Waals surface area (Å²) in [6.45, 7) is 5.05. The Labute approximate surface area is 293 Å². The van der Waals surface area contributed by atoms with Crippen molar-refractivity contribution < 1.29 is 38.7 Å². The van der Waals surface area contributed by atoms with Crippen molar-refractivity contribution in [2.24, 2.45) is 0 Å². The normalized spacial score (nSPS) is 16.0. The van der Waals surface area contributed by atoms with Gasteiger partial charge in [-0.1, -0.05) is 48.2 Å². The highest BCUT2D eigenvalue weighted by Crippen LogP contribution is 2.37. The van der Waals surface area contributed by atoms with Crippen LogP contribution in [0.2, 0.25) is 0 Å². The van der Waals surface area contributed by atoms with Gasteiger partial charge in [-0.3, -0.25) is 14.6 Å². The number of thiocarbonyl (C=S) groups is 1. The molecule has 0 atom stereocenters. The van der Waals surface area contributed by atoms with Crippen molar-refractivity contribution in [1.29, 1.82) is 0 Å². The molecule has 4 aromatic rings. The molecule has 12 heteroatoms. The number of fused-ring (bicyclic) bond motifs is 1. The summed E-state index contributed by atoms with van der Waals surface area (Å²) in [5.74, 6) is 0.391. The Balaban J connectivity index is 1.18. The van der Waals surface area contributed by atoms with Crippen LogP contribution < -0.4 is 14.2 Å². The number of phenols is 1. The van der Waals surface area contributed by atoms with Gasteiger partial charge in [0.05, 0.1) is 37.4 Å². The minimum atomic E-state index is -1.05. The second-order valence-electron chi connectivity index (χ2n) is 11.5. The average molecular weight is 701 g/mol. The zero-order chi connectivity index (χ0) is 34.3. The minimum Gasteiger partial charge on any atom is -0.508 e. The quantitative estimate of drug-likeness (QED) is 0.0930. The summed E-state index contributed by atoms with van der Waals surface area (Å²) in [5, 5.41) is 21.1. The largest absolute Gasteiger partial charge is 0.508 e. The number of phenolic OH excluding ortho intramolecular Hbond substituents is 1. The minimum absolute atomic E-state index is 0.100. The number of methoxy groups -OCH3 is 1. The number of thioether (sulfide) groups is 1.